The summed E-state index contributed by atoms with van der Waals surface area (Å²) in [6, 6.07) is 3.70. The van der Waals surface area contributed by atoms with Crippen LogP contribution in [0.15, 0.2) is 32.8 Å². The Morgan fingerprint density at radius 1 is 1.23 bits per heavy atom. The van der Waals surface area contributed by atoms with Gasteiger partial charge in [-0.2, -0.15) is 0 Å². The lowest BCUT2D eigenvalue weighted by Gasteiger charge is -2.29. The lowest BCUT2D eigenvalue weighted by atomic mass is 9.97. The molecule has 31 heavy (non-hydrogen) atoms. The average Bonchev–Trinajstić information content (AvgIpc) is 3.43. The molecule has 6 nitrogen and oxygen atoms in total. The van der Waals surface area contributed by atoms with Crippen LogP contribution in [0, 0.1) is 0 Å². The van der Waals surface area contributed by atoms with E-state index in [2.05, 4.69) is 0 Å². The molecular formula is C23H27N3O3S2. The first-order valence-corrected chi connectivity index (χ1v) is 12.8. The fourth-order valence-corrected chi connectivity index (χ4v) is 6.88. The van der Waals surface area contributed by atoms with Crippen LogP contribution in [-0.2, 0) is 24.2 Å². The smallest absolute Gasteiger partial charge is 0.263 e. The van der Waals surface area contributed by atoms with Crippen LogP contribution in [-0.4, -0.2) is 38.7 Å². The van der Waals surface area contributed by atoms with E-state index in [1.54, 1.807) is 22.2 Å². The second kappa shape index (κ2) is 8.82. The molecule has 1 aliphatic carbocycles. The van der Waals surface area contributed by atoms with Crippen molar-refractivity contribution in [1.29, 1.82) is 0 Å². The van der Waals surface area contributed by atoms with Crippen LogP contribution in [0.1, 0.15) is 55.2 Å². The van der Waals surface area contributed by atoms with Gasteiger partial charge in [0.15, 0.2) is 5.16 Å². The fraction of sp³-hybridized carbons (Fsp3) is 0.522. The zero-order valence-electron chi connectivity index (χ0n) is 17.8. The van der Waals surface area contributed by atoms with Gasteiger partial charge in [0.2, 0.25) is 5.91 Å². The van der Waals surface area contributed by atoms with Crippen LogP contribution >= 0.6 is 23.1 Å². The van der Waals surface area contributed by atoms with Gasteiger partial charge in [-0.1, -0.05) is 11.8 Å². The molecule has 8 heteroatoms. The molecule has 3 aromatic rings. The van der Waals surface area contributed by atoms with Crippen LogP contribution in [0.5, 0.6) is 0 Å². The second-order valence-electron chi connectivity index (χ2n) is 8.40. The number of carbonyl (C=O) groups is 1. The van der Waals surface area contributed by atoms with Crippen LogP contribution < -0.4 is 5.56 Å². The molecule has 0 N–H and O–H groups in total. The number of aryl methyl sites for hydroxylation is 2. The molecule has 0 aromatic carbocycles. The number of fused-ring (bicyclic) bond motifs is 3. The highest BCUT2D eigenvalue weighted by Crippen LogP contribution is 2.35. The maximum absolute atomic E-state index is 13.6. The van der Waals surface area contributed by atoms with E-state index in [-0.39, 0.29) is 16.7 Å². The van der Waals surface area contributed by atoms with Crippen molar-refractivity contribution in [3.8, 4) is 0 Å². The van der Waals surface area contributed by atoms with Gasteiger partial charge < -0.3 is 9.32 Å². The summed E-state index contributed by atoms with van der Waals surface area (Å²) in [6.07, 6.45) is 9.21. The number of hydrogen-bond acceptors (Lipinski definition) is 6. The molecule has 4 heterocycles. The van der Waals surface area contributed by atoms with Crippen molar-refractivity contribution in [2.75, 3.05) is 13.1 Å². The van der Waals surface area contributed by atoms with Gasteiger partial charge in [-0.05, 0) is 69.6 Å². The van der Waals surface area contributed by atoms with E-state index in [1.807, 2.05) is 24.0 Å². The number of thiophene rings is 1. The van der Waals surface area contributed by atoms with Gasteiger partial charge in [0.05, 0.1) is 23.4 Å². The first-order chi connectivity index (χ1) is 15.1. The molecule has 3 aromatic heterocycles. The predicted octanol–water partition coefficient (Wildman–Crippen LogP) is 4.47. The molecule has 1 saturated heterocycles. The van der Waals surface area contributed by atoms with Gasteiger partial charge in [-0.3, -0.25) is 14.2 Å². The lowest BCUT2D eigenvalue weighted by Crippen LogP contribution is -2.40. The Kier molecular flexibility index (Phi) is 5.93. The molecule has 0 spiro atoms. The van der Waals surface area contributed by atoms with Gasteiger partial charge in [0.25, 0.3) is 5.56 Å². The molecule has 5 rings (SSSR count). The van der Waals surface area contributed by atoms with Crippen molar-refractivity contribution in [1.82, 2.24) is 14.5 Å². The highest BCUT2D eigenvalue weighted by molar-refractivity contribution is 8.00. The Bertz CT molecular complexity index is 1140. The van der Waals surface area contributed by atoms with Gasteiger partial charge in [0.1, 0.15) is 10.6 Å². The third kappa shape index (κ3) is 4.07. The molecule has 0 bridgehead atoms. The summed E-state index contributed by atoms with van der Waals surface area (Å²) < 4.78 is 7.23. The normalized spacial score (nSPS) is 17.6. The van der Waals surface area contributed by atoms with E-state index in [9.17, 15) is 9.59 Å². The standard InChI is InChI=1S/C23H27N3O3S2/c1-15(21(27)25-11-5-2-6-12-25)30-23-24-20-19(17-9-3-4-10-18(17)31-20)22(28)26(23)14-16-8-7-13-29-16/h7-8,13,15H,2-6,9-12,14H2,1H3. The maximum atomic E-state index is 13.6. The highest BCUT2D eigenvalue weighted by atomic mass is 32.2. The van der Waals surface area contributed by atoms with Crippen LogP contribution in [0.25, 0.3) is 10.2 Å². The first-order valence-electron chi connectivity index (χ1n) is 11.1. The number of rotatable bonds is 5. The first kappa shape index (κ1) is 20.8. The molecule has 1 unspecified atom stereocenters. The number of nitrogens with zero attached hydrogens (tertiary/aromatic N) is 3. The summed E-state index contributed by atoms with van der Waals surface area (Å²) in [6.45, 7) is 3.90. The van der Waals surface area contributed by atoms with Gasteiger partial charge >= 0.3 is 0 Å². The van der Waals surface area contributed by atoms with E-state index in [0.717, 1.165) is 55.4 Å². The number of likely N-dealkylation sites (tertiary alicyclic amines) is 1. The van der Waals surface area contributed by atoms with E-state index in [0.29, 0.717) is 17.5 Å². The SMILES string of the molecule is CC(Sc1nc2sc3c(c2c(=O)n1Cc1ccco1)CCCC3)C(=O)N1CCCCC1. The molecule has 0 saturated carbocycles. The van der Waals surface area contributed by atoms with Crippen molar-refractivity contribution in [3.63, 3.8) is 0 Å². The topological polar surface area (TPSA) is 68.3 Å². The van der Waals surface area contributed by atoms with Crippen LogP contribution in [0.4, 0.5) is 0 Å². The Morgan fingerprint density at radius 2 is 2.03 bits per heavy atom. The summed E-state index contributed by atoms with van der Waals surface area (Å²) in [5.74, 6) is 0.846. The number of carbonyl (C=O) groups excluding carboxylic acids is 1. The minimum atomic E-state index is -0.292. The maximum Gasteiger partial charge on any atom is 0.263 e. The Morgan fingerprint density at radius 3 is 2.81 bits per heavy atom. The Hall–Kier alpha value is -2.06. The molecule has 1 amide bonds. The zero-order valence-corrected chi connectivity index (χ0v) is 19.4. The quantitative estimate of drug-likeness (QED) is 0.418. The number of amides is 1. The van der Waals surface area contributed by atoms with E-state index >= 15 is 0 Å². The van der Waals surface area contributed by atoms with Gasteiger partial charge in [-0.25, -0.2) is 4.98 Å². The van der Waals surface area contributed by atoms with Crippen molar-refractivity contribution in [3.05, 3.63) is 45.0 Å². The average molecular weight is 458 g/mol. The molecule has 1 aliphatic heterocycles. The summed E-state index contributed by atoms with van der Waals surface area (Å²) in [5, 5.41) is 1.08. The van der Waals surface area contributed by atoms with Gasteiger partial charge in [0, 0.05) is 18.0 Å². The molecular weight excluding hydrogens is 430 g/mol. The summed E-state index contributed by atoms with van der Waals surface area (Å²) in [7, 11) is 0. The minimum Gasteiger partial charge on any atom is -0.467 e. The van der Waals surface area contributed by atoms with Crippen molar-refractivity contribution in [2.45, 2.75) is 68.8 Å². The fourth-order valence-electron chi connectivity index (χ4n) is 4.59. The second-order valence-corrected chi connectivity index (χ2v) is 10.8. The lowest BCUT2D eigenvalue weighted by molar-refractivity contribution is -0.131. The van der Waals surface area contributed by atoms with Crippen LogP contribution in [0.2, 0.25) is 0 Å². The monoisotopic (exact) mass is 457 g/mol. The number of furan rings is 1. The number of piperidine rings is 1. The van der Waals surface area contributed by atoms with Gasteiger partial charge in [-0.15, -0.1) is 11.3 Å². The summed E-state index contributed by atoms with van der Waals surface area (Å²) in [5.41, 5.74) is 1.17. The molecule has 2 aliphatic rings. The molecule has 1 atom stereocenters. The number of hydrogen-bond donors (Lipinski definition) is 0. The van der Waals surface area contributed by atoms with E-state index < -0.39 is 0 Å². The summed E-state index contributed by atoms with van der Waals surface area (Å²) >= 11 is 3.05. The molecule has 0 radical (unpaired) electrons. The Labute approximate surface area is 189 Å². The largest absolute Gasteiger partial charge is 0.467 e. The number of aromatic nitrogens is 2. The molecule has 1 fully saturated rings. The zero-order chi connectivity index (χ0) is 21.4. The van der Waals surface area contributed by atoms with Crippen molar-refractivity contribution < 1.29 is 9.21 Å². The predicted molar refractivity (Wildman–Crippen MR) is 124 cm³/mol. The van der Waals surface area contributed by atoms with Crippen molar-refractivity contribution in [2.24, 2.45) is 0 Å². The third-order valence-corrected chi connectivity index (χ3v) is 8.49. The Balaban J connectivity index is 1.53. The van der Waals surface area contributed by atoms with E-state index in [1.165, 1.54) is 35.0 Å². The third-order valence-electron chi connectivity index (χ3n) is 6.23. The number of thioether (sulfide) groups is 1. The van der Waals surface area contributed by atoms with Crippen LogP contribution in [0.3, 0.4) is 0 Å². The minimum absolute atomic E-state index is 0.0130. The highest BCUT2D eigenvalue weighted by Gasteiger charge is 2.27. The summed E-state index contributed by atoms with van der Waals surface area (Å²) in [4.78, 5) is 35.6. The molecule has 164 valence electrons. The van der Waals surface area contributed by atoms with Crippen molar-refractivity contribution >= 4 is 39.2 Å². The van der Waals surface area contributed by atoms with E-state index in [4.69, 9.17) is 9.40 Å².